The van der Waals surface area contributed by atoms with Gasteiger partial charge in [0.15, 0.2) is 0 Å². The van der Waals surface area contributed by atoms with Crippen LogP contribution in [0.4, 0.5) is 0 Å². The van der Waals surface area contributed by atoms with Crippen molar-refractivity contribution in [2.24, 2.45) is 0 Å². The molecular weight excluding hydrogens is 482 g/mol. The fraction of sp³-hybridized carbons (Fsp3) is 0.357. The fourth-order valence-corrected chi connectivity index (χ4v) is 4.98. The first-order valence-electron chi connectivity index (χ1n) is 12.8. The highest BCUT2D eigenvalue weighted by atomic mass is 32.1. The molecule has 1 N–H and O–H groups in total. The van der Waals surface area contributed by atoms with Gasteiger partial charge in [-0.25, -0.2) is 4.98 Å². The Morgan fingerprint density at radius 3 is 2.49 bits per heavy atom. The first kappa shape index (κ1) is 25.0. The molecule has 0 spiro atoms. The molecule has 8 nitrogen and oxygen atoms in total. The number of unbranched alkanes of at least 4 members (excludes halogenated alkanes) is 1. The Morgan fingerprint density at radius 2 is 1.84 bits per heavy atom. The molecule has 190 valence electrons. The van der Waals surface area contributed by atoms with Crippen LogP contribution in [0.25, 0.3) is 22.5 Å². The van der Waals surface area contributed by atoms with Gasteiger partial charge in [0.25, 0.3) is 5.56 Å². The minimum atomic E-state index is 0.0213. The third-order valence-corrected chi connectivity index (χ3v) is 7.36. The molecule has 1 aliphatic heterocycles. The topological polar surface area (TPSA) is 92.6 Å². The second-order valence-corrected chi connectivity index (χ2v) is 9.95. The summed E-state index contributed by atoms with van der Waals surface area (Å²) in [5.74, 6) is 1.40. The van der Waals surface area contributed by atoms with Gasteiger partial charge >= 0.3 is 0 Å². The molecule has 0 atom stereocenters. The van der Waals surface area contributed by atoms with Crippen LogP contribution in [0.15, 0.2) is 53.3 Å². The quantitative estimate of drug-likeness (QED) is 0.332. The average Bonchev–Trinajstić information content (AvgIpc) is 3.41. The van der Waals surface area contributed by atoms with E-state index in [2.05, 4.69) is 56.7 Å². The van der Waals surface area contributed by atoms with Gasteiger partial charge in [-0.05, 0) is 41.7 Å². The Morgan fingerprint density at radius 1 is 1.08 bits per heavy atom. The lowest BCUT2D eigenvalue weighted by Gasteiger charge is -2.33. The largest absolute Gasteiger partial charge is 0.366 e. The first-order chi connectivity index (χ1) is 18.0. The molecule has 5 rings (SSSR count). The second-order valence-electron chi connectivity index (χ2n) is 9.48. The maximum absolute atomic E-state index is 13.7. The van der Waals surface area contributed by atoms with Crippen molar-refractivity contribution in [2.45, 2.75) is 52.5 Å². The van der Waals surface area contributed by atoms with Crippen LogP contribution in [0.5, 0.6) is 0 Å². The molecule has 1 saturated heterocycles. The number of nitrogens with zero attached hydrogens (tertiary/aromatic N) is 6. The van der Waals surface area contributed by atoms with Crippen LogP contribution in [-0.2, 0) is 19.4 Å². The third-order valence-electron chi connectivity index (χ3n) is 6.96. The Bertz CT molecular complexity index is 1440. The van der Waals surface area contributed by atoms with E-state index in [4.69, 9.17) is 17.2 Å². The van der Waals surface area contributed by atoms with Crippen LogP contribution < -0.4 is 5.56 Å². The molecule has 2 aromatic carbocycles. The summed E-state index contributed by atoms with van der Waals surface area (Å²) in [6, 6.07) is 16.3. The van der Waals surface area contributed by atoms with Crippen molar-refractivity contribution in [1.82, 2.24) is 35.1 Å². The van der Waals surface area contributed by atoms with Crippen LogP contribution in [0.3, 0.4) is 0 Å². The molecule has 4 aromatic rings. The summed E-state index contributed by atoms with van der Waals surface area (Å²) in [5, 5.41) is 14.5. The second kappa shape index (κ2) is 11.1. The highest BCUT2D eigenvalue weighted by molar-refractivity contribution is 7.80. The maximum Gasteiger partial charge on any atom is 0.257 e. The number of thiocarbonyl (C=S) groups is 1. The van der Waals surface area contributed by atoms with Gasteiger partial charge in [-0.2, -0.15) is 5.21 Å². The average molecular weight is 514 g/mol. The number of likely N-dealkylation sites (tertiary alicyclic amines) is 1. The Balaban J connectivity index is 1.45. The van der Waals surface area contributed by atoms with Gasteiger partial charge in [0.2, 0.25) is 5.82 Å². The number of nitrogens with one attached hydrogen (secondary N) is 1. The number of hydrogen-bond donors (Lipinski definition) is 1. The Labute approximate surface area is 221 Å². The van der Waals surface area contributed by atoms with Crippen LogP contribution in [0.2, 0.25) is 0 Å². The molecule has 9 heteroatoms. The SMILES string of the molecule is CCCCc1nc(C)c(CC(=S)N2CCC2)c(=O)n1Cc1ccc(-c2ccccc2-c2nn[nH]n2)cc1. The van der Waals surface area contributed by atoms with Crippen molar-refractivity contribution in [3.63, 3.8) is 0 Å². The summed E-state index contributed by atoms with van der Waals surface area (Å²) in [4.78, 5) is 21.6. The molecule has 0 unspecified atom stereocenters. The zero-order valence-electron chi connectivity index (χ0n) is 21.3. The van der Waals surface area contributed by atoms with Gasteiger partial charge < -0.3 is 4.90 Å². The van der Waals surface area contributed by atoms with Crippen molar-refractivity contribution in [3.05, 3.63) is 81.5 Å². The number of H-pyrrole nitrogens is 1. The van der Waals surface area contributed by atoms with Crippen LogP contribution in [0, 0.1) is 6.92 Å². The summed E-state index contributed by atoms with van der Waals surface area (Å²) in [6.07, 6.45) is 4.45. The number of rotatable bonds is 9. The molecule has 0 radical (unpaired) electrons. The van der Waals surface area contributed by atoms with Crippen molar-refractivity contribution in [2.75, 3.05) is 13.1 Å². The monoisotopic (exact) mass is 513 g/mol. The number of aryl methyl sites for hydroxylation is 2. The molecule has 0 bridgehead atoms. The Hall–Kier alpha value is -3.72. The van der Waals surface area contributed by atoms with Crippen LogP contribution in [-0.4, -0.2) is 53.2 Å². The lowest BCUT2D eigenvalue weighted by Crippen LogP contribution is -2.43. The maximum atomic E-state index is 13.7. The van der Waals surface area contributed by atoms with E-state index in [-0.39, 0.29) is 5.56 Å². The van der Waals surface area contributed by atoms with E-state index >= 15 is 0 Å². The van der Waals surface area contributed by atoms with Crippen molar-refractivity contribution in [3.8, 4) is 22.5 Å². The van der Waals surface area contributed by atoms with Crippen molar-refractivity contribution in [1.29, 1.82) is 0 Å². The Kier molecular flexibility index (Phi) is 7.50. The van der Waals surface area contributed by atoms with Crippen LogP contribution >= 0.6 is 12.2 Å². The molecule has 2 aromatic heterocycles. The summed E-state index contributed by atoms with van der Waals surface area (Å²) >= 11 is 5.64. The molecule has 37 heavy (non-hydrogen) atoms. The van der Waals surface area contributed by atoms with Gasteiger partial charge in [0.1, 0.15) is 5.82 Å². The van der Waals surface area contributed by atoms with Crippen molar-refractivity contribution >= 4 is 17.2 Å². The highest BCUT2D eigenvalue weighted by Crippen LogP contribution is 2.29. The smallest absolute Gasteiger partial charge is 0.257 e. The lowest BCUT2D eigenvalue weighted by atomic mass is 9.98. The zero-order chi connectivity index (χ0) is 25.8. The van der Waals surface area contributed by atoms with E-state index < -0.39 is 0 Å². The van der Waals surface area contributed by atoms with Crippen molar-refractivity contribution < 1.29 is 0 Å². The number of aromatic amines is 1. The number of aromatic nitrogens is 6. The zero-order valence-corrected chi connectivity index (χ0v) is 22.1. The van der Waals surface area contributed by atoms with Gasteiger partial charge in [-0.1, -0.05) is 74.1 Å². The minimum Gasteiger partial charge on any atom is -0.366 e. The third kappa shape index (κ3) is 5.36. The molecule has 1 fully saturated rings. The summed E-state index contributed by atoms with van der Waals surface area (Å²) in [5.41, 5.74) is 5.55. The predicted molar refractivity (Wildman–Crippen MR) is 148 cm³/mol. The van der Waals surface area contributed by atoms with E-state index in [1.807, 2.05) is 35.8 Å². The van der Waals surface area contributed by atoms with E-state index in [0.29, 0.717) is 24.4 Å². The predicted octanol–water partition coefficient (Wildman–Crippen LogP) is 4.37. The summed E-state index contributed by atoms with van der Waals surface area (Å²) < 4.78 is 1.85. The number of hydrogen-bond acceptors (Lipinski definition) is 6. The molecule has 0 aliphatic carbocycles. The van der Waals surface area contributed by atoms with Crippen LogP contribution in [0.1, 0.15) is 48.8 Å². The van der Waals surface area contributed by atoms with E-state index in [1.54, 1.807) is 0 Å². The van der Waals surface area contributed by atoms with E-state index in [0.717, 1.165) is 77.5 Å². The standard InChI is InChI=1S/C28H31N7OS/c1-3-4-10-25-29-19(2)24(17-26(37)34-15-7-16-34)28(36)35(25)18-20-11-13-21(14-12-20)22-8-5-6-9-23(22)27-30-32-33-31-27/h5-6,8-9,11-14H,3-4,7,10,15-18H2,1-2H3,(H,30,31,32,33). The minimum absolute atomic E-state index is 0.0213. The molecule has 3 heterocycles. The van der Waals surface area contributed by atoms with Gasteiger partial charge in [-0.3, -0.25) is 9.36 Å². The highest BCUT2D eigenvalue weighted by Gasteiger charge is 2.21. The molecule has 1 aliphatic rings. The van der Waals surface area contributed by atoms with Gasteiger partial charge in [0.05, 0.1) is 11.5 Å². The molecule has 0 amide bonds. The fourth-order valence-electron chi connectivity index (χ4n) is 4.66. The van der Waals surface area contributed by atoms with E-state index in [9.17, 15) is 4.79 Å². The summed E-state index contributed by atoms with van der Waals surface area (Å²) in [7, 11) is 0. The van der Waals surface area contributed by atoms with E-state index in [1.165, 1.54) is 0 Å². The summed E-state index contributed by atoms with van der Waals surface area (Å²) in [6.45, 7) is 6.53. The molecular formula is C28H31N7OS. The normalized spacial score (nSPS) is 13.0. The number of tetrazole rings is 1. The lowest BCUT2D eigenvalue weighted by molar-refractivity contribution is 0.301. The first-order valence-corrected chi connectivity index (χ1v) is 13.2. The number of benzene rings is 2. The van der Waals surface area contributed by atoms with Gasteiger partial charge in [-0.15, -0.1) is 10.2 Å². The van der Waals surface area contributed by atoms with Gasteiger partial charge in [0, 0.05) is 42.8 Å². The molecule has 0 saturated carbocycles.